The van der Waals surface area contributed by atoms with Gasteiger partial charge in [-0.25, -0.2) is 0 Å². The summed E-state index contributed by atoms with van der Waals surface area (Å²) in [6.07, 6.45) is 5.32. The second-order valence-electron chi connectivity index (χ2n) is 8.68. The Morgan fingerprint density at radius 3 is 1.54 bits per heavy atom. The van der Waals surface area contributed by atoms with Crippen LogP contribution in [-0.2, 0) is 8.85 Å². The van der Waals surface area contributed by atoms with Crippen LogP contribution in [0.25, 0.3) is 0 Å². The van der Waals surface area contributed by atoms with E-state index in [2.05, 4.69) is 68.4 Å². The van der Waals surface area contributed by atoms with Gasteiger partial charge in [-0.1, -0.05) is 32.5 Å². The van der Waals surface area contributed by atoms with Crippen molar-refractivity contribution in [2.75, 3.05) is 54.5 Å². The topological polar surface area (TPSA) is 28.2 Å². The SMILES string of the molecule is CN(C)CCO[Si](C)(OCCN(C)C)N(C1CCCC1)[Si](C)(C)C. The zero-order chi connectivity index (χ0) is 18.4. The van der Waals surface area contributed by atoms with Crippen LogP contribution in [0.4, 0.5) is 0 Å². The lowest BCUT2D eigenvalue weighted by molar-refractivity contribution is 0.111. The molecule has 0 amide bonds. The molecule has 1 aliphatic rings. The van der Waals surface area contributed by atoms with E-state index in [1.165, 1.54) is 25.7 Å². The average Bonchev–Trinajstić information content (AvgIpc) is 2.89. The van der Waals surface area contributed by atoms with Gasteiger partial charge < -0.3 is 18.7 Å². The van der Waals surface area contributed by atoms with Crippen LogP contribution < -0.4 is 0 Å². The molecule has 0 aromatic heterocycles. The molecular weight excluding hydrogens is 334 g/mol. The Morgan fingerprint density at radius 2 is 1.21 bits per heavy atom. The van der Waals surface area contributed by atoms with Crippen molar-refractivity contribution >= 4 is 17.0 Å². The summed E-state index contributed by atoms with van der Waals surface area (Å²) >= 11 is 0. The van der Waals surface area contributed by atoms with Gasteiger partial charge in [0.25, 0.3) is 0 Å². The molecule has 5 nitrogen and oxygen atoms in total. The molecule has 1 saturated carbocycles. The van der Waals surface area contributed by atoms with Crippen LogP contribution >= 0.6 is 0 Å². The fourth-order valence-electron chi connectivity index (χ4n) is 3.67. The summed E-state index contributed by atoms with van der Waals surface area (Å²) in [5.74, 6) is 0. The largest absolute Gasteiger partial charge is 0.418 e. The molecule has 144 valence electrons. The van der Waals surface area contributed by atoms with Gasteiger partial charge in [-0.05, 0) is 47.6 Å². The minimum absolute atomic E-state index is 0.659. The first kappa shape index (κ1) is 22.3. The van der Waals surface area contributed by atoms with Crippen molar-refractivity contribution in [1.29, 1.82) is 0 Å². The number of nitrogens with zero attached hydrogens (tertiary/aromatic N) is 3. The summed E-state index contributed by atoms with van der Waals surface area (Å²) < 4.78 is 15.8. The maximum absolute atomic E-state index is 6.54. The summed E-state index contributed by atoms with van der Waals surface area (Å²) in [7, 11) is 4.50. The predicted molar refractivity (Wildman–Crippen MR) is 108 cm³/mol. The first-order valence-electron chi connectivity index (χ1n) is 9.43. The maximum atomic E-state index is 6.54. The summed E-state index contributed by atoms with van der Waals surface area (Å²) in [4.78, 5) is 4.37. The first-order chi connectivity index (χ1) is 11.1. The van der Waals surface area contributed by atoms with Gasteiger partial charge in [-0.3, -0.25) is 4.23 Å². The van der Waals surface area contributed by atoms with E-state index in [9.17, 15) is 0 Å². The van der Waals surface area contributed by atoms with Gasteiger partial charge in [0.05, 0.1) is 13.2 Å². The van der Waals surface area contributed by atoms with Crippen LogP contribution in [0.1, 0.15) is 25.7 Å². The van der Waals surface area contributed by atoms with Crippen LogP contribution in [0.2, 0.25) is 26.2 Å². The van der Waals surface area contributed by atoms with Crippen molar-refractivity contribution in [3.63, 3.8) is 0 Å². The molecule has 1 aliphatic carbocycles. The fraction of sp³-hybridized carbons (Fsp3) is 1.00. The molecule has 0 atom stereocenters. The summed E-state index contributed by atoms with van der Waals surface area (Å²) in [5.41, 5.74) is 0. The van der Waals surface area contributed by atoms with E-state index >= 15 is 0 Å². The van der Waals surface area contributed by atoms with Crippen molar-refractivity contribution < 1.29 is 8.85 Å². The van der Waals surface area contributed by atoms with E-state index in [1.807, 2.05) is 0 Å². The van der Waals surface area contributed by atoms with Crippen molar-refractivity contribution in [3.05, 3.63) is 0 Å². The Kier molecular flexibility index (Phi) is 9.10. The molecule has 0 unspecified atom stereocenters. The smallest absolute Gasteiger partial charge is 0.382 e. The second kappa shape index (κ2) is 9.80. The molecule has 0 saturated heterocycles. The third-order valence-electron chi connectivity index (χ3n) is 4.67. The molecule has 24 heavy (non-hydrogen) atoms. The molecule has 7 heteroatoms. The fourth-order valence-corrected chi connectivity index (χ4v) is 12.5. The van der Waals surface area contributed by atoms with Crippen LogP contribution in [-0.4, -0.2) is 91.5 Å². The molecule has 0 aromatic carbocycles. The zero-order valence-corrected chi connectivity index (χ0v) is 19.4. The lowest BCUT2D eigenvalue weighted by Gasteiger charge is -2.48. The van der Waals surface area contributed by atoms with Crippen LogP contribution in [0, 0.1) is 0 Å². The van der Waals surface area contributed by atoms with E-state index in [-0.39, 0.29) is 0 Å². The molecular formula is C17H41N3O2Si2. The maximum Gasteiger partial charge on any atom is 0.418 e. The van der Waals surface area contributed by atoms with Crippen molar-refractivity contribution in [2.24, 2.45) is 0 Å². The summed E-state index contributed by atoms with van der Waals surface area (Å²) in [6.45, 7) is 13.0. The van der Waals surface area contributed by atoms with E-state index in [0.29, 0.717) is 6.04 Å². The summed E-state index contributed by atoms with van der Waals surface area (Å²) in [5, 5.41) is 0. The Hall–Kier alpha value is 0.234. The Labute approximate surface area is 152 Å². The number of likely N-dealkylation sites (N-methyl/N-ethyl adjacent to an activating group) is 2. The lowest BCUT2D eigenvalue weighted by Crippen LogP contribution is -2.68. The Balaban J connectivity index is 2.91. The van der Waals surface area contributed by atoms with E-state index in [0.717, 1.165) is 26.3 Å². The number of hydrogen-bond donors (Lipinski definition) is 0. The minimum atomic E-state index is -2.37. The van der Waals surface area contributed by atoms with Gasteiger partial charge in [-0.15, -0.1) is 0 Å². The molecule has 1 rings (SSSR count). The highest BCUT2D eigenvalue weighted by Gasteiger charge is 2.49. The standard InChI is InChI=1S/C17H41N3O2Si2/c1-18(2)13-15-21-24(8,22-16-14-19(3)4)20(23(5,6)7)17-11-9-10-12-17/h17H,9-16H2,1-8H3. The van der Waals surface area contributed by atoms with Crippen molar-refractivity contribution in [2.45, 2.75) is 57.9 Å². The van der Waals surface area contributed by atoms with Crippen LogP contribution in [0.3, 0.4) is 0 Å². The predicted octanol–water partition coefficient (Wildman–Crippen LogP) is 2.79. The quantitative estimate of drug-likeness (QED) is 0.518. The van der Waals surface area contributed by atoms with E-state index < -0.39 is 17.0 Å². The monoisotopic (exact) mass is 375 g/mol. The second-order valence-corrected chi connectivity index (χ2v) is 16.8. The van der Waals surface area contributed by atoms with Gasteiger partial charge >= 0.3 is 8.72 Å². The van der Waals surface area contributed by atoms with Gasteiger partial charge in [0.1, 0.15) is 8.24 Å². The van der Waals surface area contributed by atoms with E-state index in [1.54, 1.807) is 0 Å². The molecule has 0 bridgehead atoms. The van der Waals surface area contributed by atoms with Crippen molar-refractivity contribution in [1.82, 2.24) is 14.0 Å². The number of rotatable bonds is 11. The highest BCUT2D eigenvalue weighted by molar-refractivity contribution is 6.85. The van der Waals surface area contributed by atoms with Gasteiger partial charge in [0.2, 0.25) is 0 Å². The van der Waals surface area contributed by atoms with Gasteiger partial charge in [-0.2, -0.15) is 0 Å². The van der Waals surface area contributed by atoms with Crippen LogP contribution in [0.5, 0.6) is 0 Å². The average molecular weight is 376 g/mol. The van der Waals surface area contributed by atoms with Crippen LogP contribution in [0.15, 0.2) is 0 Å². The third kappa shape index (κ3) is 7.23. The molecule has 0 heterocycles. The first-order valence-corrected chi connectivity index (χ1v) is 15.1. The molecule has 0 radical (unpaired) electrons. The third-order valence-corrected chi connectivity index (χ3v) is 12.4. The van der Waals surface area contributed by atoms with Gasteiger partial charge in [0.15, 0.2) is 0 Å². The Morgan fingerprint density at radius 1 is 0.792 bits per heavy atom. The molecule has 0 spiro atoms. The highest BCUT2D eigenvalue weighted by Crippen LogP contribution is 2.33. The molecule has 0 aromatic rings. The van der Waals surface area contributed by atoms with Crippen molar-refractivity contribution in [3.8, 4) is 0 Å². The lowest BCUT2D eigenvalue weighted by atomic mass is 10.3. The van der Waals surface area contributed by atoms with Gasteiger partial charge in [0, 0.05) is 19.1 Å². The summed E-state index contributed by atoms with van der Waals surface area (Å²) in [6, 6.07) is 0.659. The zero-order valence-electron chi connectivity index (χ0n) is 17.4. The molecule has 0 aliphatic heterocycles. The molecule has 0 N–H and O–H groups in total. The normalized spacial score (nSPS) is 17.6. The minimum Gasteiger partial charge on any atom is -0.382 e. The molecule has 1 fully saturated rings. The van der Waals surface area contributed by atoms with E-state index in [4.69, 9.17) is 8.85 Å². The highest BCUT2D eigenvalue weighted by atomic mass is 28.4. The number of hydrogen-bond acceptors (Lipinski definition) is 5. The Bertz CT molecular complexity index is 342.